The van der Waals surface area contributed by atoms with E-state index >= 15 is 0 Å². The highest BCUT2D eigenvalue weighted by Crippen LogP contribution is 2.18. The van der Waals surface area contributed by atoms with Crippen LogP contribution in [0.25, 0.3) is 0 Å². The van der Waals surface area contributed by atoms with Gasteiger partial charge in [-0.15, -0.1) is 0 Å². The van der Waals surface area contributed by atoms with Gasteiger partial charge in [-0.3, -0.25) is 9.59 Å². The Morgan fingerprint density at radius 1 is 0.933 bits per heavy atom. The normalized spacial score (nSPS) is 10.6. The van der Waals surface area contributed by atoms with Gasteiger partial charge in [0.25, 0.3) is 11.9 Å². The molecule has 1 heterocycles. The number of ketones is 1. The van der Waals surface area contributed by atoms with E-state index in [2.05, 4.69) is 6.92 Å². The molecule has 0 unspecified atom stereocenters. The van der Waals surface area contributed by atoms with E-state index in [-0.39, 0.29) is 24.0 Å². The number of likely N-dealkylation sites (N-methyl/N-ethyl adjacent to an activating group) is 1. The molecule has 0 fully saturated rings. The summed E-state index contributed by atoms with van der Waals surface area (Å²) in [6, 6.07) is 3.02. The highest BCUT2D eigenvalue weighted by atomic mass is 16.6. The zero-order valence-corrected chi connectivity index (χ0v) is 18.7. The molecule has 1 rings (SSSR count). The molecule has 0 aromatic carbocycles. The van der Waals surface area contributed by atoms with Gasteiger partial charge >= 0.3 is 5.97 Å². The maximum atomic E-state index is 12.0. The van der Waals surface area contributed by atoms with Gasteiger partial charge in [0.05, 0.1) is 13.2 Å². The van der Waals surface area contributed by atoms with Crippen LogP contribution < -0.4 is 4.74 Å². The smallest absolute Gasteiger partial charge is 0.374 e. The van der Waals surface area contributed by atoms with E-state index in [1.54, 1.807) is 6.07 Å². The molecule has 0 aliphatic rings. The van der Waals surface area contributed by atoms with E-state index < -0.39 is 18.5 Å². The predicted molar refractivity (Wildman–Crippen MR) is 115 cm³/mol. The molecule has 0 bridgehead atoms. The molecule has 0 radical (unpaired) electrons. The van der Waals surface area contributed by atoms with E-state index in [0.717, 1.165) is 12.8 Å². The van der Waals surface area contributed by atoms with Gasteiger partial charge in [0.1, 0.15) is 5.78 Å². The summed E-state index contributed by atoms with van der Waals surface area (Å²) >= 11 is 0. The number of hydrogen-bond acceptors (Lipinski definition) is 6. The molecular weight excluding hydrogens is 386 g/mol. The topological polar surface area (TPSA) is 86.0 Å². The van der Waals surface area contributed by atoms with Crippen LogP contribution in [0.2, 0.25) is 0 Å². The van der Waals surface area contributed by atoms with Crippen LogP contribution in [0, 0.1) is 0 Å². The summed E-state index contributed by atoms with van der Waals surface area (Å²) in [5, 5.41) is 0. The zero-order valence-electron chi connectivity index (χ0n) is 18.7. The standard InChI is InChI=1S/C23H37NO6/c1-4-5-6-7-8-9-10-11-12-13-16-28-22-15-14-20(30-22)23(27)29-18-21(26)24(3)17-19(2)25/h14-15H,4-13,16-18H2,1-3H3. The minimum Gasteiger partial charge on any atom is -0.465 e. The zero-order chi connectivity index (χ0) is 22.2. The van der Waals surface area contributed by atoms with Crippen molar-refractivity contribution < 1.29 is 28.3 Å². The second-order valence-corrected chi connectivity index (χ2v) is 7.68. The SMILES string of the molecule is CCCCCCCCCCCCOc1ccc(C(=O)OCC(=O)N(C)CC(C)=O)o1. The van der Waals surface area contributed by atoms with Crippen LogP contribution in [0.5, 0.6) is 5.95 Å². The molecule has 0 atom stereocenters. The van der Waals surface area contributed by atoms with Gasteiger partial charge in [0.15, 0.2) is 6.61 Å². The number of nitrogens with zero attached hydrogens (tertiary/aromatic N) is 1. The molecule has 1 aromatic heterocycles. The van der Waals surface area contributed by atoms with E-state index in [1.165, 1.54) is 76.3 Å². The summed E-state index contributed by atoms with van der Waals surface area (Å²) in [6.45, 7) is 3.69. The molecule has 0 saturated heterocycles. The van der Waals surface area contributed by atoms with Gasteiger partial charge in [-0.25, -0.2) is 4.79 Å². The van der Waals surface area contributed by atoms with Gasteiger partial charge < -0.3 is 18.8 Å². The number of carbonyl (C=O) groups excluding carboxylic acids is 3. The largest absolute Gasteiger partial charge is 0.465 e. The third-order valence-corrected chi connectivity index (χ3v) is 4.74. The van der Waals surface area contributed by atoms with Crippen molar-refractivity contribution in [2.45, 2.75) is 78.1 Å². The number of ether oxygens (including phenoxy) is 2. The Hall–Kier alpha value is -2.31. The molecule has 0 N–H and O–H groups in total. The van der Waals surface area contributed by atoms with Gasteiger partial charge in [0, 0.05) is 13.1 Å². The highest BCUT2D eigenvalue weighted by molar-refractivity contribution is 5.90. The first-order chi connectivity index (χ1) is 14.4. The number of furan rings is 1. The Morgan fingerprint density at radius 2 is 1.53 bits per heavy atom. The van der Waals surface area contributed by atoms with Crippen LogP contribution >= 0.6 is 0 Å². The first-order valence-corrected chi connectivity index (χ1v) is 11.1. The highest BCUT2D eigenvalue weighted by Gasteiger charge is 2.17. The van der Waals surface area contributed by atoms with Crippen LogP contribution in [0.15, 0.2) is 16.5 Å². The lowest BCUT2D eigenvalue weighted by molar-refractivity contribution is -0.136. The van der Waals surface area contributed by atoms with Gasteiger partial charge in [-0.2, -0.15) is 0 Å². The van der Waals surface area contributed by atoms with Crippen molar-refractivity contribution in [1.82, 2.24) is 4.90 Å². The molecule has 1 aromatic rings. The Balaban J connectivity index is 2.13. The number of amides is 1. The van der Waals surface area contributed by atoms with Crippen molar-refractivity contribution in [3.8, 4) is 5.95 Å². The Morgan fingerprint density at radius 3 is 2.13 bits per heavy atom. The summed E-state index contributed by atoms with van der Waals surface area (Å²) in [5.74, 6) is -1.10. The quantitative estimate of drug-likeness (QED) is 0.265. The number of esters is 1. The van der Waals surface area contributed by atoms with Crippen molar-refractivity contribution in [3.63, 3.8) is 0 Å². The first-order valence-electron chi connectivity index (χ1n) is 11.1. The Kier molecular flexibility index (Phi) is 13.3. The molecule has 0 saturated carbocycles. The molecule has 0 spiro atoms. The Bertz CT molecular complexity index is 639. The lowest BCUT2D eigenvalue weighted by atomic mass is 10.1. The monoisotopic (exact) mass is 423 g/mol. The van der Waals surface area contributed by atoms with Crippen molar-refractivity contribution in [2.75, 3.05) is 26.8 Å². The van der Waals surface area contributed by atoms with Gasteiger partial charge in [-0.1, -0.05) is 64.7 Å². The van der Waals surface area contributed by atoms with Gasteiger partial charge in [-0.05, 0) is 19.4 Å². The predicted octanol–water partition coefficient (Wildman–Crippen LogP) is 4.78. The minimum absolute atomic E-state index is 0.0184. The second-order valence-electron chi connectivity index (χ2n) is 7.68. The van der Waals surface area contributed by atoms with Crippen LogP contribution in [-0.2, 0) is 14.3 Å². The molecule has 7 nitrogen and oxygen atoms in total. The fourth-order valence-electron chi connectivity index (χ4n) is 3.00. The average Bonchev–Trinajstić information content (AvgIpc) is 3.18. The molecule has 170 valence electrons. The first kappa shape index (κ1) is 25.7. The summed E-state index contributed by atoms with van der Waals surface area (Å²) < 4.78 is 15.8. The van der Waals surface area contributed by atoms with E-state index in [0.29, 0.717) is 6.61 Å². The minimum atomic E-state index is -0.742. The second kappa shape index (κ2) is 15.5. The van der Waals surface area contributed by atoms with Crippen LogP contribution in [-0.4, -0.2) is 49.4 Å². The molecule has 1 amide bonds. The third-order valence-electron chi connectivity index (χ3n) is 4.74. The fourth-order valence-corrected chi connectivity index (χ4v) is 3.00. The lowest BCUT2D eigenvalue weighted by Crippen LogP contribution is -2.34. The molecular formula is C23H37NO6. The lowest BCUT2D eigenvalue weighted by Gasteiger charge is -2.14. The van der Waals surface area contributed by atoms with Crippen LogP contribution in [0.1, 0.15) is 88.6 Å². The average molecular weight is 424 g/mol. The Labute approximate surface area is 180 Å². The summed E-state index contributed by atoms with van der Waals surface area (Å²) in [7, 11) is 1.48. The molecule has 7 heteroatoms. The third kappa shape index (κ3) is 11.6. The van der Waals surface area contributed by atoms with Gasteiger partial charge in [0.2, 0.25) is 5.76 Å². The van der Waals surface area contributed by atoms with Crippen LogP contribution in [0.4, 0.5) is 0 Å². The van der Waals surface area contributed by atoms with Crippen molar-refractivity contribution in [2.24, 2.45) is 0 Å². The van der Waals surface area contributed by atoms with E-state index in [9.17, 15) is 14.4 Å². The van der Waals surface area contributed by atoms with Crippen LogP contribution in [0.3, 0.4) is 0 Å². The van der Waals surface area contributed by atoms with Crippen molar-refractivity contribution >= 4 is 17.7 Å². The number of carbonyl (C=O) groups is 3. The maximum absolute atomic E-state index is 12.0. The van der Waals surface area contributed by atoms with Crippen molar-refractivity contribution in [1.29, 1.82) is 0 Å². The summed E-state index contributed by atoms with van der Waals surface area (Å²) in [6.07, 6.45) is 12.5. The summed E-state index contributed by atoms with van der Waals surface area (Å²) in [5.41, 5.74) is 0. The number of unbranched alkanes of at least 4 members (excludes halogenated alkanes) is 9. The summed E-state index contributed by atoms with van der Waals surface area (Å²) in [4.78, 5) is 36.0. The number of rotatable bonds is 17. The number of Topliss-reactive ketones (excluding diaryl/α,β-unsaturated/α-hetero) is 1. The molecule has 0 aliphatic carbocycles. The van der Waals surface area contributed by atoms with E-state index in [1.807, 2.05) is 0 Å². The fraction of sp³-hybridized carbons (Fsp3) is 0.696. The molecule has 0 aliphatic heterocycles. The van der Waals surface area contributed by atoms with Crippen molar-refractivity contribution in [3.05, 3.63) is 17.9 Å². The number of hydrogen-bond donors (Lipinski definition) is 0. The van der Waals surface area contributed by atoms with E-state index in [4.69, 9.17) is 13.9 Å². The molecule has 30 heavy (non-hydrogen) atoms. The maximum Gasteiger partial charge on any atom is 0.374 e.